The van der Waals surface area contributed by atoms with E-state index < -0.39 is 0 Å². The van der Waals surface area contributed by atoms with Crippen molar-refractivity contribution >= 4 is 5.69 Å². The molecule has 0 aromatic heterocycles. The van der Waals surface area contributed by atoms with Crippen LogP contribution in [0.2, 0.25) is 0 Å². The Morgan fingerprint density at radius 2 is 2.30 bits per heavy atom. The molecule has 0 amide bonds. The van der Waals surface area contributed by atoms with Crippen molar-refractivity contribution in [2.45, 2.75) is 0 Å². The van der Waals surface area contributed by atoms with Crippen LogP contribution in [0.15, 0.2) is 18.2 Å². The molecule has 0 spiro atoms. The van der Waals surface area contributed by atoms with Crippen LogP contribution in [-0.4, -0.2) is 0 Å². The number of anilines is 1. The Morgan fingerprint density at radius 1 is 1.60 bits per heavy atom. The first-order valence-electron chi connectivity index (χ1n) is 2.51. The Hall–Kier alpha value is -0.386. The maximum atomic E-state index is 8.36. The summed E-state index contributed by atoms with van der Waals surface area (Å²) < 4.78 is 0. The molecule has 10 heavy (non-hydrogen) atoms. The van der Waals surface area contributed by atoms with Crippen LogP contribution in [0.4, 0.5) is 5.69 Å². The zero-order valence-electron chi connectivity index (χ0n) is 5.33. The van der Waals surface area contributed by atoms with Gasteiger partial charge in [-0.3, -0.25) is 5.26 Å². The number of nitrogens with zero attached hydrogens (tertiary/aromatic N) is 1. The Morgan fingerprint density at radius 3 is 2.70 bits per heavy atom. The van der Waals surface area contributed by atoms with Crippen LogP contribution in [0.5, 0.6) is 0 Å². The first kappa shape index (κ1) is 9.61. The molecule has 0 fully saturated rings. The average Bonchev–Trinajstić information content (AvgIpc) is 1.89. The van der Waals surface area contributed by atoms with Crippen LogP contribution in [0, 0.1) is 17.4 Å². The molecule has 1 radical (unpaired) electrons. The summed E-state index contributed by atoms with van der Waals surface area (Å²) >= 11 is 0. The van der Waals surface area contributed by atoms with Gasteiger partial charge in [-0.15, -0.1) is 24.3 Å². The number of nitrogen functional groups attached to an aromatic ring is 1. The van der Waals surface area contributed by atoms with Crippen molar-refractivity contribution in [1.82, 2.24) is 0 Å². The second-order valence-electron chi connectivity index (χ2n) is 1.61. The molecule has 0 aliphatic rings. The minimum Gasteiger partial charge on any atom is -0.436 e. The number of nitrogens with two attached hydrogens (primary N) is 1. The van der Waals surface area contributed by atoms with Crippen molar-refractivity contribution in [3.8, 4) is 6.07 Å². The molecule has 0 aliphatic carbocycles. The summed E-state index contributed by atoms with van der Waals surface area (Å²) in [6.45, 7) is 0. The number of rotatable bonds is 0. The molecule has 1 aromatic carbocycles. The predicted molar refractivity (Wildman–Crippen MR) is 34.4 cm³/mol. The van der Waals surface area contributed by atoms with Gasteiger partial charge in [-0.1, -0.05) is 5.56 Å². The molecule has 0 atom stereocenters. The summed E-state index contributed by atoms with van der Waals surface area (Å²) in [5, 5.41) is 8.36. The number of benzene rings is 1. The van der Waals surface area contributed by atoms with E-state index >= 15 is 0 Å². The molecular formula is C7H5N2Y-. The summed E-state index contributed by atoms with van der Waals surface area (Å²) in [6, 6.07) is 9.70. The average molecular weight is 206 g/mol. The molecule has 47 valence electrons. The summed E-state index contributed by atoms with van der Waals surface area (Å²) in [4.78, 5) is 0. The Kier molecular flexibility index (Phi) is 4.26. The van der Waals surface area contributed by atoms with Gasteiger partial charge in [0, 0.05) is 32.7 Å². The standard InChI is InChI=1S/C7H5N2.Y/c8-5-6-3-1-2-4-7(6)9;/h1-2,4H,9H2;/q-1;. The van der Waals surface area contributed by atoms with E-state index in [2.05, 4.69) is 6.07 Å². The summed E-state index contributed by atoms with van der Waals surface area (Å²) in [5.74, 6) is 0. The molecule has 2 nitrogen and oxygen atoms in total. The third-order valence-corrected chi connectivity index (χ3v) is 1.00. The van der Waals surface area contributed by atoms with E-state index in [9.17, 15) is 0 Å². The van der Waals surface area contributed by atoms with Crippen molar-refractivity contribution in [3.63, 3.8) is 0 Å². The molecule has 0 saturated heterocycles. The van der Waals surface area contributed by atoms with Gasteiger partial charge in [-0.05, 0) is 11.8 Å². The van der Waals surface area contributed by atoms with E-state index in [0.717, 1.165) is 0 Å². The second kappa shape index (κ2) is 4.43. The number of nitriles is 1. The maximum Gasteiger partial charge on any atom is 0 e. The monoisotopic (exact) mass is 206 g/mol. The van der Waals surface area contributed by atoms with E-state index in [1.54, 1.807) is 18.2 Å². The minimum atomic E-state index is 0. The maximum absolute atomic E-state index is 8.36. The van der Waals surface area contributed by atoms with Crippen molar-refractivity contribution in [2.75, 3.05) is 5.73 Å². The third kappa shape index (κ3) is 2.09. The van der Waals surface area contributed by atoms with E-state index in [1.807, 2.05) is 6.07 Å². The van der Waals surface area contributed by atoms with E-state index in [4.69, 9.17) is 11.0 Å². The van der Waals surface area contributed by atoms with Crippen molar-refractivity contribution in [3.05, 3.63) is 29.8 Å². The van der Waals surface area contributed by atoms with Gasteiger partial charge in [-0.2, -0.15) is 0 Å². The normalized spacial score (nSPS) is 7.50. The smallest absolute Gasteiger partial charge is 0 e. The Bertz CT molecular complexity index is 252. The van der Waals surface area contributed by atoms with Crippen LogP contribution in [0.25, 0.3) is 0 Å². The third-order valence-electron chi connectivity index (χ3n) is 1.00. The van der Waals surface area contributed by atoms with Gasteiger partial charge in [0.2, 0.25) is 0 Å². The van der Waals surface area contributed by atoms with Crippen LogP contribution < -0.4 is 5.73 Å². The van der Waals surface area contributed by atoms with Crippen LogP contribution in [0.3, 0.4) is 0 Å². The van der Waals surface area contributed by atoms with Gasteiger partial charge in [0.1, 0.15) is 0 Å². The molecule has 1 rings (SSSR count). The van der Waals surface area contributed by atoms with Gasteiger partial charge in [0.15, 0.2) is 0 Å². The molecule has 0 unspecified atom stereocenters. The van der Waals surface area contributed by atoms with Gasteiger partial charge >= 0.3 is 0 Å². The molecule has 3 heteroatoms. The summed E-state index contributed by atoms with van der Waals surface area (Å²) in [6.07, 6.45) is 0. The minimum absolute atomic E-state index is 0. The fraction of sp³-hybridized carbons (Fsp3) is 0. The molecule has 1 aromatic rings. The Balaban J connectivity index is 0.000000810. The van der Waals surface area contributed by atoms with Gasteiger partial charge in [-0.25, -0.2) is 0 Å². The molecule has 2 N–H and O–H groups in total. The van der Waals surface area contributed by atoms with Gasteiger partial charge < -0.3 is 5.73 Å². The quantitative estimate of drug-likeness (QED) is 0.507. The topological polar surface area (TPSA) is 49.8 Å². The zero-order valence-corrected chi connectivity index (χ0v) is 8.17. The fourth-order valence-electron chi connectivity index (χ4n) is 0.547. The van der Waals surface area contributed by atoms with Crippen LogP contribution in [-0.2, 0) is 32.7 Å². The largest absolute Gasteiger partial charge is 0.436 e. The molecule has 0 saturated carbocycles. The van der Waals surface area contributed by atoms with Crippen LogP contribution >= 0.6 is 0 Å². The molecule has 0 bridgehead atoms. The van der Waals surface area contributed by atoms with E-state index in [1.165, 1.54) is 0 Å². The van der Waals surface area contributed by atoms with Crippen LogP contribution in [0.1, 0.15) is 5.56 Å². The first-order chi connectivity index (χ1) is 4.34. The van der Waals surface area contributed by atoms with E-state index in [0.29, 0.717) is 11.3 Å². The van der Waals surface area contributed by atoms with Crippen molar-refractivity contribution < 1.29 is 32.7 Å². The first-order valence-corrected chi connectivity index (χ1v) is 2.51. The molecule has 0 heterocycles. The van der Waals surface area contributed by atoms with E-state index in [-0.39, 0.29) is 32.7 Å². The SMILES string of the molecule is N#Cc1[c-]cccc1N.[Y]. The summed E-state index contributed by atoms with van der Waals surface area (Å²) in [5.41, 5.74) is 6.28. The molecule has 0 aliphatic heterocycles. The number of hydrogen-bond donors (Lipinski definition) is 1. The summed E-state index contributed by atoms with van der Waals surface area (Å²) in [7, 11) is 0. The number of hydrogen-bond acceptors (Lipinski definition) is 2. The predicted octanol–water partition coefficient (Wildman–Crippen LogP) is 0.938. The Labute approximate surface area is 84.9 Å². The fourth-order valence-corrected chi connectivity index (χ4v) is 0.547. The molecular weight excluding hydrogens is 201 g/mol. The second-order valence-corrected chi connectivity index (χ2v) is 1.61. The zero-order chi connectivity index (χ0) is 6.69. The van der Waals surface area contributed by atoms with Crippen molar-refractivity contribution in [1.29, 1.82) is 5.26 Å². The van der Waals surface area contributed by atoms with Crippen molar-refractivity contribution in [2.24, 2.45) is 0 Å². The van der Waals surface area contributed by atoms with Gasteiger partial charge in [0.05, 0.1) is 0 Å². The van der Waals surface area contributed by atoms with Gasteiger partial charge in [0.25, 0.3) is 0 Å².